The molecular weight excluding hydrogens is 184 g/mol. The number of nitrogens with two attached hydrogens (primary N) is 1. The molecule has 0 aromatic rings. The van der Waals surface area contributed by atoms with Crippen LogP contribution in [-0.4, -0.2) is 18.1 Å². The molecule has 0 saturated heterocycles. The van der Waals surface area contributed by atoms with Gasteiger partial charge in [-0.15, -0.1) is 0 Å². The van der Waals surface area contributed by atoms with Crippen LogP contribution in [-0.2, 0) is 0 Å². The minimum atomic E-state index is -0.0638. The first kappa shape index (κ1) is 14.9. The molecule has 0 saturated carbocycles. The van der Waals surface area contributed by atoms with Crippen LogP contribution in [0.4, 0.5) is 0 Å². The normalized spacial score (nSPS) is 16.4. The van der Waals surface area contributed by atoms with Gasteiger partial charge in [0.15, 0.2) is 0 Å². The van der Waals surface area contributed by atoms with Gasteiger partial charge in [0.2, 0.25) is 0 Å². The zero-order valence-electron chi connectivity index (χ0n) is 11.3. The van der Waals surface area contributed by atoms with Gasteiger partial charge in [-0.25, -0.2) is 0 Å². The lowest BCUT2D eigenvalue weighted by molar-refractivity contribution is 0.142. The second-order valence-corrected chi connectivity index (χ2v) is 4.65. The van der Waals surface area contributed by atoms with E-state index >= 15 is 0 Å². The van der Waals surface area contributed by atoms with Crippen molar-refractivity contribution in [3.8, 4) is 0 Å². The molecule has 0 aliphatic carbocycles. The van der Waals surface area contributed by atoms with Crippen LogP contribution in [0.5, 0.6) is 0 Å². The van der Waals surface area contributed by atoms with Gasteiger partial charge in [0, 0.05) is 11.1 Å². The van der Waals surface area contributed by atoms with E-state index in [-0.39, 0.29) is 11.1 Å². The fourth-order valence-electron chi connectivity index (χ4n) is 2.73. The van der Waals surface area contributed by atoms with Crippen molar-refractivity contribution >= 4 is 0 Å². The standard InChI is InChI=1S/C13H30N2/c1-6-10-11-13(9-4,15-5)12(14,7-2)8-3/h15H,6-11,14H2,1-5H3. The summed E-state index contributed by atoms with van der Waals surface area (Å²) < 4.78 is 0. The molecular formula is C13H30N2. The Morgan fingerprint density at radius 1 is 1.00 bits per heavy atom. The second-order valence-electron chi connectivity index (χ2n) is 4.65. The fraction of sp³-hybridized carbons (Fsp3) is 1.00. The molecule has 0 fully saturated rings. The van der Waals surface area contributed by atoms with Crippen molar-refractivity contribution in [1.82, 2.24) is 5.32 Å². The summed E-state index contributed by atoms with van der Waals surface area (Å²) in [6, 6.07) is 0. The number of hydrogen-bond acceptors (Lipinski definition) is 2. The molecule has 0 aliphatic rings. The lowest BCUT2D eigenvalue weighted by atomic mass is 9.69. The highest BCUT2D eigenvalue weighted by Crippen LogP contribution is 2.33. The van der Waals surface area contributed by atoms with Crippen molar-refractivity contribution in [2.75, 3.05) is 7.05 Å². The highest BCUT2D eigenvalue weighted by Gasteiger charge is 2.43. The van der Waals surface area contributed by atoms with Crippen LogP contribution in [0.1, 0.15) is 66.2 Å². The summed E-state index contributed by atoms with van der Waals surface area (Å²) in [5.41, 5.74) is 6.63. The van der Waals surface area contributed by atoms with Crippen molar-refractivity contribution in [2.45, 2.75) is 77.3 Å². The smallest absolute Gasteiger partial charge is 0.0356 e. The topological polar surface area (TPSA) is 38.0 Å². The summed E-state index contributed by atoms with van der Waals surface area (Å²) in [5, 5.41) is 3.52. The summed E-state index contributed by atoms with van der Waals surface area (Å²) in [6.45, 7) is 8.90. The van der Waals surface area contributed by atoms with Crippen LogP contribution in [0.15, 0.2) is 0 Å². The van der Waals surface area contributed by atoms with Crippen molar-refractivity contribution in [3.05, 3.63) is 0 Å². The predicted molar refractivity (Wildman–Crippen MR) is 69.1 cm³/mol. The van der Waals surface area contributed by atoms with Gasteiger partial charge in [-0.05, 0) is 32.7 Å². The number of rotatable bonds is 8. The number of likely N-dealkylation sites (N-methyl/N-ethyl adjacent to an activating group) is 1. The first-order chi connectivity index (χ1) is 7.05. The van der Waals surface area contributed by atoms with Crippen LogP contribution in [0, 0.1) is 0 Å². The van der Waals surface area contributed by atoms with Gasteiger partial charge in [0.1, 0.15) is 0 Å². The van der Waals surface area contributed by atoms with E-state index in [1.165, 1.54) is 19.3 Å². The molecule has 0 amide bonds. The molecule has 0 heterocycles. The zero-order chi connectivity index (χ0) is 11.9. The molecule has 0 aromatic carbocycles. The van der Waals surface area contributed by atoms with E-state index in [1.807, 2.05) is 0 Å². The van der Waals surface area contributed by atoms with Gasteiger partial charge in [-0.3, -0.25) is 0 Å². The summed E-state index contributed by atoms with van der Waals surface area (Å²) in [6.07, 6.45) is 6.89. The molecule has 2 nitrogen and oxygen atoms in total. The van der Waals surface area contributed by atoms with Gasteiger partial charge in [0.05, 0.1) is 0 Å². The second kappa shape index (κ2) is 6.49. The molecule has 0 aromatic heterocycles. The Kier molecular flexibility index (Phi) is 6.46. The van der Waals surface area contributed by atoms with Crippen molar-refractivity contribution in [1.29, 1.82) is 0 Å². The zero-order valence-corrected chi connectivity index (χ0v) is 11.3. The van der Waals surface area contributed by atoms with E-state index in [9.17, 15) is 0 Å². The van der Waals surface area contributed by atoms with Crippen LogP contribution in [0.25, 0.3) is 0 Å². The lowest BCUT2D eigenvalue weighted by Gasteiger charge is -2.48. The molecule has 92 valence electrons. The van der Waals surface area contributed by atoms with Crippen LogP contribution in [0.3, 0.4) is 0 Å². The minimum Gasteiger partial charge on any atom is -0.324 e. The Labute approximate surface area is 96.0 Å². The predicted octanol–water partition coefficient (Wildman–Crippen LogP) is 3.06. The molecule has 1 unspecified atom stereocenters. The van der Waals surface area contributed by atoms with Gasteiger partial charge in [0.25, 0.3) is 0 Å². The molecule has 2 heteroatoms. The maximum atomic E-state index is 6.58. The third-order valence-corrected chi connectivity index (χ3v) is 4.25. The number of hydrogen-bond donors (Lipinski definition) is 2. The van der Waals surface area contributed by atoms with Gasteiger partial charge in [-0.2, -0.15) is 0 Å². The van der Waals surface area contributed by atoms with E-state index in [2.05, 4.69) is 40.1 Å². The fourth-order valence-corrected chi connectivity index (χ4v) is 2.73. The summed E-state index contributed by atoms with van der Waals surface area (Å²) in [5.74, 6) is 0. The van der Waals surface area contributed by atoms with E-state index in [0.717, 1.165) is 19.3 Å². The van der Waals surface area contributed by atoms with Crippen molar-refractivity contribution in [3.63, 3.8) is 0 Å². The monoisotopic (exact) mass is 214 g/mol. The van der Waals surface area contributed by atoms with Crippen molar-refractivity contribution < 1.29 is 0 Å². The first-order valence-corrected chi connectivity index (χ1v) is 6.53. The van der Waals surface area contributed by atoms with Crippen molar-refractivity contribution in [2.24, 2.45) is 5.73 Å². The average Bonchev–Trinajstić information content (AvgIpc) is 2.30. The van der Waals surface area contributed by atoms with Gasteiger partial charge in [-0.1, -0.05) is 40.5 Å². The summed E-state index contributed by atoms with van der Waals surface area (Å²) >= 11 is 0. The molecule has 1 atom stereocenters. The third kappa shape index (κ3) is 2.94. The molecule has 0 bridgehead atoms. The summed E-state index contributed by atoms with van der Waals surface area (Å²) in [4.78, 5) is 0. The van der Waals surface area contributed by atoms with Crippen LogP contribution < -0.4 is 11.1 Å². The molecule has 0 radical (unpaired) electrons. The largest absolute Gasteiger partial charge is 0.324 e. The van der Waals surface area contributed by atoms with E-state index < -0.39 is 0 Å². The molecule has 0 aliphatic heterocycles. The molecule has 3 N–H and O–H groups in total. The average molecular weight is 214 g/mol. The van der Waals surface area contributed by atoms with Crippen LogP contribution >= 0.6 is 0 Å². The van der Waals surface area contributed by atoms with E-state index in [1.54, 1.807) is 0 Å². The SMILES string of the molecule is CCCCC(CC)(NC)C(N)(CC)CC. The quantitative estimate of drug-likeness (QED) is 0.651. The number of nitrogens with one attached hydrogen (secondary N) is 1. The maximum absolute atomic E-state index is 6.58. The first-order valence-electron chi connectivity index (χ1n) is 6.53. The highest BCUT2D eigenvalue weighted by molar-refractivity contribution is 5.06. The van der Waals surface area contributed by atoms with E-state index in [0.29, 0.717) is 0 Å². The molecule has 15 heavy (non-hydrogen) atoms. The molecule has 0 rings (SSSR count). The minimum absolute atomic E-state index is 0.0638. The third-order valence-electron chi connectivity index (χ3n) is 4.25. The Hall–Kier alpha value is -0.0800. The summed E-state index contributed by atoms with van der Waals surface area (Å²) in [7, 11) is 2.06. The van der Waals surface area contributed by atoms with Crippen LogP contribution in [0.2, 0.25) is 0 Å². The lowest BCUT2D eigenvalue weighted by Crippen LogP contribution is -2.66. The van der Waals surface area contributed by atoms with E-state index in [4.69, 9.17) is 5.73 Å². The Balaban J connectivity index is 4.87. The van der Waals surface area contributed by atoms with Gasteiger partial charge < -0.3 is 11.1 Å². The Bertz CT molecular complexity index is 158. The Morgan fingerprint density at radius 2 is 1.53 bits per heavy atom. The Morgan fingerprint density at radius 3 is 1.80 bits per heavy atom. The van der Waals surface area contributed by atoms with Gasteiger partial charge >= 0.3 is 0 Å². The highest BCUT2D eigenvalue weighted by atomic mass is 15.0. The number of unbranched alkanes of at least 4 members (excludes halogenated alkanes) is 1. The molecule has 0 spiro atoms. The maximum Gasteiger partial charge on any atom is 0.0356 e.